The van der Waals surface area contributed by atoms with Crippen molar-refractivity contribution in [2.45, 2.75) is 37.5 Å². The van der Waals surface area contributed by atoms with Crippen LogP contribution in [0.3, 0.4) is 0 Å². The van der Waals surface area contributed by atoms with Crippen LogP contribution < -0.4 is 5.73 Å². The Hall–Kier alpha value is -2.28. The monoisotopic (exact) mass is 462 g/mol. The number of hydrogen-bond donors (Lipinski definition) is 1. The molecule has 1 saturated carbocycles. The van der Waals surface area contributed by atoms with Crippen LogP contribution in [0, 0.1) is 5.92 Å². The molecule has 6 nitrogen and oxygen atoms in total. The zero-order valence-electron chi connectivity index (χ0n) is 16.9. The van der Waals surface area contributed by atoms with E-state index in [0.29, 0.717) is 22.5 Å². The summed E-state index contributed by atoms with van der Waals surface area (Å²) >= 11 is 12.4. The fourth-order valence-corrected chi connectivity index (χ4v) is 4.32. The Balaban J connectivity index is 1.71. The molecule has 1 saturated heterocycles. The summed E-state index contributed by atoms with van der Waals surface area (Å²) in [6.45, 7) is 0.663. The molecule has 2 fully saturated rings. The SMILES string of the molecule is NC(=O)OCC[C@H]1O[C@H](c2cccc(Cl)c2)[C@H](c2ccc(Cl)cc2)N(CC2CC2)C1=O. The van der Waals surface area contributed by atoms with Gasteiger partial charge in [0, 0.05) is 23.0 Å². The van der Waals surface area contributed by atoms with Gasteiger partial charge >= 0.3 is 6.09 Å². The number of carbonyl (C=O) groups excluding carboxylic acids is 2. The van der Waals surface area contributed by atoms with Crippen molar-refractivity contribution in [2.75, 3.05) is 13.2 Å². The second-order valence-electron chi connectivity index (χ2n) is 7.99. The maximum Gasteiger partial charge on any atom is 0.404 e. The molecule has 0 radical (unpaired) electrons. The molecule has 31 heavy (non-hydrogen) atoms. The van der Waals surface area contributed by atoms with Crippen molar-refractivity contribution in [3.8, 4) is 0 Å². The summed E-state index contributed by atoms with van der Waals surface area (Å²) in [6.07, 6.45) is 0.391. The van der Waals surface area contributed by atoms with Gasteiger partial charge in [0.25, 0.3) is 5.91 Å². The van der Waals surface area contributed by atoms with Gasteiger partial charge in [-0.05, 0) is 54.2 Å². The van der Waals surface area contributed by atoms with E-state index in [-0.39, 0.29) is 25.0 Å². The zero-order valence-corrected chi connectivity index (χ0v) is 18.4. The largest absolute Gasteiger partial charge is 0.450 e. The van der Waals surface area contributed by atoms with Gasteiger partial charge in [0.15, 0.2) is 0 Å². The predicted octanol–water partition coefficient (Wildman–Crippen LogP) is 4.90. The van der Waals surface area contributed by atoms with Crippen LogP contribution in [0.25, 0.3) is 0 Å². The number of nitrogens with zero attached hydrogens (tertiary/aromatic N) is 1. The highest BCUT2D eigenvalue weighted by Crippen LogP contribution is 2.45. The van der Waals surface area contributed by atoms with E-state index in [0.717, 1.165) is 24.0 Å². The lowest BCUT2D eigenvalue weighted by molar-refractivity contribution is -0.176. The standard InChI is InChI=1S/C23H24Cl2N2O4/c24-17-8-6-15(7-9-17)20-21(16-2-1-3-18(25)12-16)31-19(10-11-30-23(26)29)22(28)27(20)13-14-4-5-14/h1-3,6-9,12,14,19-21H,4-5,10-11,13H2,(H2,26,29)/t19-,20+,21-/m1/s1. The van der Waals surface area contributed by atoms with E-state index in [1.807, 2.05) is 47.4 Å². The van der Waals surface area contributed by atoms with Gasteiger partial charge < -0.3 is 20.1 Å². The Kier molecular flexibility index (Phi) is 6.70. The molecule has 2 aliphatic rings. The van der Waals surface area contributed by atoms with Crippen LogP contribution in [0.1, 0.15) is 42.5 Å². The van der Waals surface area contributed by atoms with E-state index in [2.05, 4.69) is 0 Å². The van der Waals surface area contributed by atoms with Crippen molar-refractivity contribution in [3.63, 3.8) is 0 Å². The van der Waals surface area contributed by atoms with Gasteiger partial charge in [-0.25, -0.2) is 4.79 Å². The minimum absolute atomic E-state index is 0.0108. The fraction of sp³-hybridized carbons (Fsp3) is 0.391. The Morgan fingerprint density at radius 3 is 2.48 bits per heavy atom. The van der Waals surface area contributed by atoms with Gasteiger partial charge in [0.2, 0.25) is 0 Å². The average Bonchev–Trinajstić information content (AvgIpc) is 3.55. The molecule has 0 aromatic heterocycles. The highest BCUT2D eigenvalue weighted by atomic mass is 35.5. The van der Waals surface area contributed by atoms with Crippen LogP contribution in [0.4, 0.5) is 4.79 Å². The second kappa shape index (κ2) is 9.47. The van der Waals surface area contributed by atoms with Crippen molar-refractivity contribution >= 4 is 35.2 Å². The van der Waals surface area contributed by atoms with E-state index in [4.69, 9.17) is 38.4 Å². The second-order valence-corrected chi connectivity index (χ2v) is 8.86. The van der Waals surface area contributed by atoms with E-state index in [1.54, 1.807) is 6.07 Å². The molecule has 0 bridgehead atoms. The van der Waals surface area contributed by atoms with Crippen molar-refractivity contribution in [1.82, 2.24) is 4.90 Å². The summed E-state index contributed by atoms with van der Waals surface area (Å²) in [6, 6.07) is 14.6. The Morgan fingerprint density at radius 1 is 1.10 bits per heavy atom. The van der Waals surface area contributed by atoms with E-state index in [1.165, 1.54) is 0 Å². The quantitative estimate of drug-likeness (QED) is 0.634. The fourth-order valence-electron chi connectivity index (χ4n) is 3.99. The predicted molar refractivity (Wildman–Crippen MR) is 118 cm³/mol. The summed E-state index contributed by atoms with van der Waals surface area (Å²) in [5, 5.41) is 1.22. The molecule has 0 unspecified atom stereocenters. The number of halogens is 2. The number of carbonyl (C=O) groups is 2. The van der Waals surface area contributed by atoms with Gasteiger partial charge in [-0.15, -0.1) is 0 Å². The van der Waals surface area contributed by atoms with Crippen LogP contribution in [0.2, 0.25) is 10.0 Å². The van der Waals surface area contributed by atoms with Gasteiger partial charge in [-0.2, -0.15) is 0 Å². The molecule has 1 aliphatic heterocycles. The molecule has 0 spiro atoms. The van der Waals surface area contributed by atoms with Gasteiger partial charge in [0.1, 0.15) is 12.2 Å². The number of ether oxygens (including phenoxy) is 2. The molecule has 8 heteroatoms. The maximum absolute atomic E-state index is 13.4. The van der Waals surface area contributed by atoms with Crippen LogP contribution in [-0.2, 0) is 14.3 Å². The molecule has 2 N–H and O–H groups in total. The number of morpholine rings is 1. The van der Waals surface area contributed by atoms with Gasteiger partial charge in [0.05, 0.1) is 12.6 Å². The van der Waals surface area contributed by atoms with Crippen LogP contribution in [0.15, 0.2) is 48.5 Å². The van der Waals surface area contributed by atoms with Gasteiger partial charge in [-0.1, -0.05) is 47.5 Å². The lowest BCUT2D eigenvalue weighted by Crippen LogP contribution is -2.51. The molecule has 3 atom stereocenters. The molecular weight excluding hydrogens is 439 g/mol. The highest BCUT2D eigenvalue weighted by molar-refractivity contribution is 6.30. The molecular formula is C23H24Cl2N2O4. The highest BCUT2D eigenvalue weighted by Gasteiger charge is 2.45. The maximum atomic E-state index is 13.4. The number of primary amides is 1. The molecule has 1 aliphatic carbocycles. The number of hydrogen-bond acceptors (Lipinski definition) is 4. The first kappa shape index (κ1) is 21.9. The first-order valence-corrected chi connectivity index (χ1v) is 11.1. The minimum Gasteiger partial charge on any atom is -0.450 e. The van der Waals surface area contributed by atoms with E-state index in [9.17, 15) is 9.59 Å². The third-order valence-corrected chi connectivity index (χ3v) is 6.14. The van der Waals surface area contributed by atoms with Gasteiger partial charge in [-0.3, -0.25) is 4.79 Å². The van der Waals surface area contributed by atoms with Crippen molar-refractivity contribution in [1.29, 1.82) is 0 Å². The van der Waals surface area contributed by atoms with Crippen molar-refractivity contribution in [3.05, 3.63) is 69.7 Å². The van der Waals surface area contributed by atoms with Crippen LogP contribution in [-0.4, -0.2) is 36.2 Å². The minimum atomic E-state index is -0.872. The first-order valence-electron chi connectivity index (χ1n) is 10.3. The topological polar surface area (TPSA) is 81.9 Å². The normalized spacial score (nSPS) is 23.6. The van der Waals surface area contributed by atoms with E-state index < -0.39 is 18.3 Å². The summed E-state index contributed by atoms with van der Waals surface area (Å²) < 4.78 is 11.2. The molecule has 4 rings (SSSR count). The zero-order chi connectivity index (χ0) is 22.0. The third-order valence-electron chi connectivity index (χ3n) is 5.66. The molecule has 1 heterocycles. The Labute approximate surface area is 191 Å². The first-order chi connectivity index (χ1) is 14.9. The molecule has 2 aromatic carbocycles. The molecule has 2 amide bonds. The lowest BCUT2D eigenvalue weighted by Gasteiger charge is -2.45. The summed E-state index contributed by atoms with van der Waals surface area (Å²) in [5.74, 6) is 0.373. The Morgan fingerprint density at radius 2 is 1.84 bits per heavy atom. The van der Waals surface area contributed by atoms with Crippen molar-refractivity contribution in [2.24, 2.45) is 11.7 Å². The van der Waals surface area contributed by atoms with E-state index >= 15 is 0 Å². The number of rotatable bonds is 7. The summed E-state index contributed by atoms with van der Waals surface area (Å²) in [4.78, 5) is 26.3. The molecule has 2 aromatic rings. The van der Waals surface area contributed by atoms with Crippen LogP contribution in [0.5, 0.6) is 0 Å². The smallest absolute Gasteiger partial charge is 0.404 e. The van der Waals surface area contributed by atoms with Crippen LogP contribution >= 0.6 is 23.2 Å². The summed E-state index contributed by atoms with van der Waals surface area (Å²) in [7, 11) is 0. The third kappa shape index (κ3) is 5.32. The van der Waals surface area contributed by atoms with Crippen molar-refractivity contribution < 1.29 is 19.1 Å². The number of nitrogens with two attached hydrogens (primary N) is 1. The number of benzene rings is 2. The lowest BCUT2D eigenvalue weighted by atomic mass is 9.91. The molecule has 164 valence electrons. The Bertz CT molecular complexity index is 949. The number of amides is 2. The average molecular weight is 463 g/mol. The summed E-state index contributed by atoms with van der Waals surface area (Å²) in [5.41, 5.74) is 6.88.